The Morgan fingerprint density at radius 3 is 2.21 bits per heavy atom. The molecule has 4 heterocycles. The summed E-state index contributed by atoms with van der Waals surface area (Å²) in [7, 11) is 2.22. The summed E-state index contributed by atoms with van der Waals surface area (Å²) in [5.41, 5.74) is 3.67. The van der Waals surface area contributed by atoms with Gasteiger partial charge < -0.3 is 24.4 Å². The molecule has 0 bridgehead atoms. The molecule has 0 saturated carbocycles. The molecule has 210 valence electrons. The van der Waals surface area contributed by atoms with Gasteiger partial charge in [-0.1, -0.05) is 12.8 Å². The van der Waals surface area contributed by atoms with Crippen molar-refractivity contribution >= 4 is 5.69 Å². The molecule has 0 spiro atoms. The van der Waals surface area contributed by atoms with Crippen LogP contribution in [0.25, 0.3) is 5.69 Å². The zero-order valence-electron chi connectivity index (χ0n) is 23.8. The fourth-order valence-electron chi connectivity index (χ4n) is 6.07. The van der Waals surface area contributed by atoms with Crippen LogP contribution in [0.3, 0.4) is 0 Å². The van der Waals surface area contributed by atoms with Gasteiger partial charge in [-0.15, -0.1) is 0 Å². The molecule has 3 saturated heterocycles. The minimum atomic E-state index is 0.742. The summed E-state index contributed by atoms with van der Waals surface area (Å²) in [5, 5.41) is 3.70. The zero-order valence-corrected chi connectivity index (χ0v) is 23.8. The Morgan fingerprint density at radius 2 is 1.47 bits per heavy atom. The molecule has 1 aromatic heterocycles. The SMILES string of the molecule is CN1CCN(Cc2ccn(-c3ccc(NCCCN4CCCCC4)c(OCCN4CCCCC4)c3)c2)CC1. The molecule has 38 heavy (non-hydrogen) atoms. The van der Waals surface area contributed by atoms with Crippen LogP contribution in [0, 0.1) is 0 Å². The second-order valence-corrected chi connectivity index (χ2v) is 11.6. The molecule has 1 N–H and O–H groups in total. The van der Waals surface area contributed by atoms with Crippen LogP contribution < -0.4 is 10.1 Å². The topological polar surface area (TPSA) is 39.1 Å². The number of hydrogen-bond donors (Lipinski definition) is 1. The van der Waals surface area contributed by atoms with Crippen LogP contribution in [0.5, 0.6) is 5.75 Å². The van der Waals surface area contributed by atoms with Gasteiger partial charge in [0.2, 0.25) is 0 Å². The molecule has 1 aromatic carbocycles. The van der Waals surface area contributed by atoms with E-state index in [1.807, 2.05) is 0 Å². The number of likely N-dealkylation sites (tertiary alicyclic amines) is 2. The van der Waals surface area contributed by atoms with Gasteiger partial charge in [-0.3, -0.25) is 9.80 Å². The standard InChI is InChI=1S/C31H50N6O/c1-33-19-21-36(22-20-33)26-28-11-18-37(27-28)29-9-10-30(32-12-8-17-34-13-4-2-5-14-34)31(25-29)38-24-23-35-15-6-3-7-16-35/h9-11,18,25,27,32H,2-8,12-17,19-24,26H2,1H3. The Labute approximate surface area is 230 Å². The van der Waals surface area contributed by atoms with Crippen LogP contribution >= 0.6 is 0 Å². The first kappa shape index (κ1) is 27.5. The van der Waals surface area contributed by atoms with E-state index in [0.29, 0.717) is 0 Å². The van der Waals surface area contributed by atoms with Crippen molar-refractivity contribution in [2.24, 2.45) is 0 Å². The second kappa shape index (κ2) is 14.4. The first-order valence-electron chi connectivity index (χ1n) is 15.3. The molecular weight excluding hydrogens is 472 g/mol. The molecule has 5 rings (SSSR count). The van der Waals surface area contributed by atoms with Gasteiger partial charge in [-0.05, 0) is 95.6 Å². The van der Waals surface area contributed by atoms with E-state index in [9.17, 15) is 0 Å². The van der Waals surface area contributed by atoms with Crippen molar-refractivity contribution in [3.05, 3.63) is 42.2 Å². The van der Waals surface area contributed by atoms with Crippen LogP contribution in [0.1, 0.15) is 50.5 Å². The predicted octanol–water partition coefficient (Wildman–Crippen LogP) is 4.38. The maximum absolute atomic E-state index is 6.45. The summed E-state index contributed by atoms with van der Waals surface area (Å²) in [4.78, 5) is 10.1. The highest BCUT2D eigenvalue weighted by Crippen LogP contribution is 2.28. The lowest BCUT2D eigenvalue weighted by molar-refractivity contribution is 0.148. The maximum atomic E-state index is 6.45. The van der Waals surface area contributed by atoms with Crippen molar-refractivity contribution < 1.29 is 4.74 Å². The lowest BCUT2D eigenvalue weighted by Crippen LogP contribution is -2.43. The average Bonchev–Trinajstić information content (AvgIpc) is 3.42. The van der Waals surface area contributed by atoms with E-state index in [0.717, 1.165) is 63.9 Å². The van der Waals surface area contributed by atoms with Crippen LogP contribution in [0.15, 0.2) is 36.7 Å². The molecule has 7 heteroatoms. The minimum absolute atomic E-state index is 0.742. The number of benzene rings is 1. The number of anilines is 1. The lowest BCUT2D eigenvalue weighted by atomic mass is 10.1. The van der Waals surface area contributed by atoms with Gasteiger partial charge in [0.15, 0.2) is 0 Å². The Morgan fingerprint density at radius 1 is 0.763 bits per heavy atom. The van der Waals surface area contributed by atoms with Crippen LogP contribution in [0.2, 0.25) is 0 Å². The van der Waals surface area contributed by atoms with Crippen molar-refractivity contribution in [1.82, 2.24) is 24.2 Å². The summed E-state index contributed by atoms with van der Waals surface area (Å²) < 4.78 is 8.70. The van der Waals surface area contributed by atoms with E-state index in [2.05, 4.69) is 73.2 Å². The highest BCUT2D eigenvalue weighted by atomic mass is 16.5. The van der Waals surface area contributed by atoms with Crippen molar-refractivity contribution in [2.45, 2.75) is 51.5 Å². The molecule has 7 nitrogen and oxygen atoms in total. The number of aromatic nitrogens is 1. The number of hydrogen-bond acceptors (Lipinski definition) is 6. The quantitative estimate of drug-likeness (QED) is 0.417. The van der Waals surface area contributed by atoms with Crippen molar-refractivity contribution in [3.8, 4) is 11.4 Å². The van der Waals surface area contributed by atoms with Crippen molar-refractivity contribution in [2.75, 3.05) is 91.0 Å². The Bertz CT molecular complexity index is 957. The third-order valence-electron chi connectivity index (χ3n) is 8.55. The minimum Gasteiger partial charge on any atom is -0.490 e. The summed E-state index contributed by atoms with van der Waals surface area (Å²) in [6.07, 6.45) is 13.8. The van der Waals surface area contributed by atoms with Gasteiger partial charge in [0.05, 0.1) is 5.69 Å². The third-order valence-corrected chi connectivity index (χ3v) is 8.55. The largest absolute Gasteiger partial charge is 0.490 e. The van der Waals surface area contributed by atoms with Crippen molar-refractivity contribution in [3.63, 3.8) is 0 Å². The first-order chi connectivity index (χ1) is 18.7. The van der Waals surface area contributed by atoms with E-state index in [1.165, 1.54) is 88.9 Å². The zero-order chi connectivity index (χ0) is 26.0. The number of piperazine rings is 1. The van der Waals surface area contributed by atoms with Gasteiger partial charge >= 0.3 is 0 Å². The van der Waals surface area contributed by atoms with Gasteiger partial charge in [-0.25, -0.2) is 0 Å². The average molecular weight is 523 g/mol. The van der Waals surface area contributed by atoms with Crippen LogP contribution in [0.4, 0.5) is 5.69 Å². The Kier molecular flexibility index (Phi) is 10.4. The molecule has 0 atom stereocenters. The summed E-state index contributed by atoms with van der Waals surface area (Å²) in [5.74, 6) is 0.979. The molecule has 2 aromatic rings. The Balaban J connectivity index is 1.20. The van der Waals surface area contributed by atoms with E-state index in [4.69, 9.17) is 4.74 Å². The molecule has 0 radical (unpaired) electrons. The van der Waals surface area contributed by atoms with Gasteiger partial charge in [0.25, 0.3) is 0 Å². The summed E-state index contributed by atoms with van der Waals surface area (Å²) in [6, 6.07) is 8.93. The number of nitrogens with zero attached hydrogens (tertiary/aromatic N) is 5. The highest BCUT2D eigenvalue weighted by Gasteiger charge is 2.16. The van der Waals surface area contributed by atoms with Crippen LogP contribution in [-0.4, -0.2) is 110 Å². The maximum Gasteiger partial charge on any atom is 0.144 e. The highest BCUT2D eigenvalue weighted by molar-refractivity contribution is 5.61. The Hall–Kier alpha value is -2.06. The number of nitrogens with one attached hydrogen (secondary N) is 1. The number of rotatable bonds is 12. The molecule has 0 amide bonds. The fourth-order valence-corrected chi connectivity index (χ4v) is 6.07. The molecule has 3 fully saturated rings. The van der Waals surface area contributed by atoms with E-state index < -0.39 is 0 Å². The lowest BCUT2D eigenvalue weighted by Gasteiger charge is -2.32. The van der Waals surface area contributed by atoms with E-state index in [-0.39, 0.29) is 0 Å². The van der Waals surface area contributed by atoms with Gasteiger partial charge in [0, 0.05) is 70.0 Å². The smallest absolute Gasteiger partial charge is 0.144 e. The second-order valence-electron chi connectivity index (χ2n) is 11.6. The summed E-state index contributed by atoms with van der Waals surface area (Å²) >= 11 is 0. The van der Waals surface area contributed by atoms with E-state index in [1.54, 1.807) is 0 Å². The molecule has 0 unspecified atom stereocenters. The molecule has 3 aliphatic heterocycles. The predicted molar refractivity (Wildman–Crippen MR) is 158 cm³/mol. The molecule has 0 aliphatic carbocycles. The fraction of sp³-hybridized carbons (Fsp3) is 0.677. The van der Waals surface area contributed by atoms with Crippen molar-refractivity contribution in [1.29, 1.82) is 0 Å². The number of piperidine rings is 2. The van der Waals surface area contributed by atoms with E-state index >= 15 is 0 Å². The third kappa shape index (κ3) is 8.22. The monoisotopic (exact) mass is 522 g/mol. The molecule has 3 aliphatic rings. The van der Waals surface area contributed by atoms with Gasteiger partial charge in [0.1, 0.15) is 12.4 Å². The van der Waals surface area contributed by atoms with Crippen LogP contribution in [-0.2, 0) is 6.54 Å². The first-order valence-corrected chi connectivity index (χ1v) is 15.3. The number of likely N-dealkylation sites (N-methyl/N-ethyl adjacent to an activating group) is 1. The number of ether oxygens (including phenoxy) is 1. The van der Waals surface area contributed by atoms with Gasteiger partial charge in [-0.2, -0.15) is 0 Å². The molecular formula is C31H50N6O. The summed E-state index contributed by atoms with van der Waals surface area (Å²) in [6.45, 7) is 14.5. The normalized spacial score (nSPS) is 20.6.